The maximum absolute atomic E-state index is 13.7. The predicted octanol–water partition coefficient (Wildman–Crippen LogP) is 5.18. The monoisotopic (exact) mass is 470 g/mol. The van der Waals surface area contributed by atoms with E-state index in [9.17, 15) is 18.4 Å². The third-order valence-corrected chi connectivity index (χ3v) is 5.97. The molecule has 1 aliphatic rings. The molecule has 1 N–H and O–H groups in total. The van der Waals surface area contributed by atoms with E-state index in [-0.39, 0.29) is 29.8 Å². The summed E-state index contributed by atoms with van der Waals surface area (Å²) < 4.78 is 32.3. The molecular formula is C25H21ClF2N2O3. The Balaban J connectivity index is 1.83. The minimum atomic E-state index is -0.831. The van der Waals surface area contributed by atoms with E-state index in [1.807, 2.05) is 0 Å². The molecule has 2 amide bonds. The Morgan fingerprint density at radius 1 is 1.06 bits per heavy atom. The van der Waals surface area contributed by atoms with Crippen molar-refractivity contribution >= 4 is 29.1 Å². The molecule has 0 aliphatic carbocycles. The van der Waals surface area contributed by atoms with Crippen molar-refractivity contribution in [2.75, 3.05) is 25.6 Å². The molecule has 1 heterocycles. The van der Waals surface area contributed by atoms with Crippen LogP contribution in [0.5, 0.6) is 0 Å². The van der Waals surface area contributed by atoms with E-state index in [1.165, 1.54) is 31.4 Å². The fourth-order valence-electron chi connectivity index (χ4n) is 4.14. The van der Waals surface area contributed by atoms with Crippen molar-refractivity contribution in [2.45, 2.75) is 12.0 Å². The number of nitrogens with one attached hydrogen (secondary N) is 1. The van der Waals surface area contributed by atoms with Gasteiger partial charge >= 0.3 is 0 Å². The molecule has 0 saturated heterocycles. The van der Waals surface area contributed by atoms with Gasteiger partial charge in [-0.1, -0.05) is 41.9 Å². The van der Waals surface area contributed by atoms with E-state index in [1.54, 1.807) is 41.3 Å². The summed E-state index contributed by atoms with van der Waals surface area (Å²) in [5.74, 6) is -2.46. The first-order valence-corrected chi connectivity index (χ1v) is 10.7. The molecule has 0 saturated carbocycles. The lowest BCUT2D eigenvalue weighted by Crippen LogP contribution is -2.47. The summed E-state index contributed by atoms with van der Waals surface area (Å²) in [5.41, 5.74) is 1.79. The van der Waals surface area contributed by atoms with Gasteiger partial charge in [0.1, 0.15) is 11.6 Å². The molecule has 4 rings (SSSR count). The molecule has 0 bridgehead atoms. The van der Waals surface area contributed by atoms with Crippen LogP contribution in [0, 0.1) is 11.6 Å². The summed E-state index contributed by atoms with van der Waals surface area (Å²) in [6.45, 7) is 0.483. The van der Waals surface area contributed by atoms with Crippen molar-refractivity contribution in [1.29, 1.82) is 0 Å². The molecule has 8 heteroatoms. The van der Waals surface area contributed by atoms with Crippen LogP contribution in [0.15, 0.2) is 66.7 Å². The third-order valence-electron chi connectivity index (χ3n) is 5.66. The Morgan fingerprint density at radius 2 is 1.76 bits per heavy atom. The number of hydrogen-bond donors (Lipinski definition) is 1. The second-order valence-corrected chi connectivity index (χ2v) is 8.07. The number of rotatable bonds is 6. The quantitative estimate of drug-likeness (QED) is 0.539. The fraction of sp³-hybridized carbons (Fsp3) is 0.200. The number of carbonyl (C=O) groups excluding carboxylic acids is 2. The van der Waals surface area contributed by atoms with Gasteiger partial charge in [0.2, 0.25) is 5.91 Å². The van der Waals surface area contributed by atoms with E-state index < -0.39 is 29.5 Å². The first-order valence-electron chi connectivity index (χ1n) is 10.3. The molecule has 2 atom stereocenters. The van der Waals surface area contributed by atoms with Crippen molar-refractivity contribution < 1.29 is 23.1 Å². The summed E-state index contributed by atoms with van der Waals surface area (Å²) in [5, 5.41) is 2.82. The van der Waals surface area contributed by atoms with Gasteiger partial charge in [-0.3, -0.25) is 9.59 Å². The van der Waals surface area contributed by atoms with Crippen LogP contribution >= 0.6 is 11.6 Å². The number of halogens is 3. The van der Waals surface area contributed by atoms with E-state index in [0.29, 0.717) is 16.7 Å². The molecule has 0 spiro atoms. The number of fused-ring (bicyclic) bond motifs is 1. The van der Waals surface area contributed by atoms with Crippen LogP contribution in [-0.4, -0.2) is 37.0 Å². The van der Waals surface area contributed by atoms with E-state index in [0.717, 1.165) is 6.07 Å². The van der Waals surface area contributed by atoms with Gasteiger partial charge in [-0.15, -0.1) is 0 Å². The van der Waals surface area contributed by atoms with Crippen LogP contribution in [0.2, 0.25) is 5.02 Å². The Bertz CT molecular complexity index is 1190. The SMILES string of the molecule is COCCN1C(=O)c2ccccc2C(C(=O)Nc2ccc(F)cc2Cl)C1c1ccc(F)cc1. The van der Waals surface area contributed by atoms with Crippen molar-refractivity contribution in [2.24, 2.45) is 0 Å². The van der Waals surface area contributed by atoms with Gasteiger partial charge in [0.05, 0.1) is 29.3 Å². The largest absolute Gasteiger partial charge is 0.383 e. The number of carbonyl (C=O) groups is 2. The van der Waals surface area contributed by atoms with Crippen molar-refractivity contribution in [3.05, 3.63) is 100 Å². The van der Waals surface area contributed by atoms with Gasteiger partial charge in [-0.25, -0.2) is 8.78 Å². The Labute approximate surface area is 194 Å². The number of anilines is 1. The Morgan fingerprint density at radius 3 is 2.45 bits per heavy atom. The van der Waals surface area contributed by atoms with E-state index in [2.05, 4.69) is 5.32 Å². The lowest BCUT2D eigenvalue weighted by Gasteiger charge is -2.41. The molecule has 33 heavy (non-hydrogen) atoms. The summed E-state index contributed by atoms with van der Waals surface area (Å²) in [7, 11) is 1.52. The van der Waals surface area contributed by atoms with Gasteiger partial charge in [0, 0.05) is 19.2 Å². The number of benzene rings is 3. The highest BCUT2D eigenvalue weighted by Crippen LogP contribution is 2.43. The zero-order chi connectivity index (χ0) is 23.5. The standard InChI is InChI=1S/C25H21ClF2N2O3/c1-33-13-12-30-23(15-6-8-16(27)9-7-15)22(18-4-2-3-5-19(18)25(30)32)24(31)29-21-11-10-17(28)14-20(21)26/h2-11,14,22-23H,12-13H2,1H3,(H,29,31). The van der Waals surface area contributed by atoms with Crippen LogP contribution in [0.1, 0.15) is 33.4 Å². The first kappa shape index (κ1) is 22.9. The smallest absolute Gasteiger partial charge is 0.254 e. The van der Waals surface area contributed by atoms with Crippen molar-refractivity contribution in [3.63, 3.8) is 0 Å². The van der Waals surface area contributed by atoms with Crippen LogP contribution in [0.25, 0.3) is 0 Å². The molecule has 3 aromatic carbocycles. The topological polar surface area (TPSA) is 58.6 Å². The number of methoxy groups -OCH3 is 1. The molecule has 0 fully saturated rings. The average Bonchev–Trinajstić information content (AvgIpc) is 2.80. The molecule has 170 valence electrons. The second kappa shape index (κ2) is 9.68. The summed E-state index contributed by atoms with van der Waals surface area (Å²) >= 11 is 6.13. The van der Waals surface area contributed by atoms with E-state index >= 15 is 0 Å². The van der Waals surface area contributed by atoms with Gasteiger partial charge in [-0.2, -0.15) is 0 Å². The highest BCUT2D eigenvalue weighted by Gasteiger charge is 2.44. The highest BCUT2D eigenvalue weighted by atomic mass is 35.5. The molecular weight excluding hydrogens is 450 g/mol. The molecule has 0 aromatic heterocycles. The average molecular weight is 471 g/mol. The van der Waals surface area contributed by atoms with Gasteiger partial charge in [0.25, 0.3) is 5.91 Å². The van der Waals surface area contributed by atoms with E-state index in [4.69, 9.17) is 16.3 Å². The predicted molar refractivity (Wildman–Crippen MR) is 121 cm³/mol. The van der Waals surface area contributed by atoms with Crippen molar-refractivity contribution in [1.82, 2.24) is 4.90 Å². The Hall–Kier alpha value is -3.29. The number of hydrogen-bond acceptors (Lipinski definition) is 3. The molecule has 2 unspecified atom stereocenters. The molecule has 5 nitrogen and oxygen atoms in total. The number of nitrogens with zero attached hydrogens (tertiary/aromatic N) is 1. The summed E-state index contributed by atoms with van der Waals surface area (Å²) in [6, 6.07) is 15.6. The summed E-state index contributed by atoms with van der Waals surface area (Å²) in [4.78, 5) is 28.6. The Kier molecular flexibility index (Phi) is 6.72. The third kappa shape index (κ3) is 4.60. The van der Waals surface area contributed by atoms with Gasteiger partial charge < -0.3 is 15.0 Å². The lowest BCUT2D eigenvalue weighted by molar-refractivity contribution is -0.119. The maximum atomic E-state index is 13.7. The van der Waals surface area contributed by atoms with Crippen LogP contribution in [0.4, 0.5) is 14.5 Å². The van der Waals surface area contributed by atoms with Gasteiger partial charge in [0.15, 0.2) is 0 Å². The van der Waals surface area contributed by atoms with Crippen molar-refractivity contribution in [3.8, 4) is 0 Å². The zero-order valence-electron chi connectivity index (χ0n) is 17.7. The van der Waals surface area contributed by atoms with Crippen LogP contribution in [-0.2, 0) is 9.53 Å². The first-order chi connectivity index (χ1) is 15.9. The van der Waals surface area contributed by atoms with Crippen LogP contribution in [0.3, 0.4) is 0 Å². The fourth-order valence-corrected chi connectivity index (χ4v) is 4.36. The minimum absolute atomic E-state index is 0.0538. The number of ether oxygens (including phenoxy) is 1. The zero-order valence-corrected chi connectivity index (χ0v) is 18.5. The maximum Gasteiger partial charge on any atom is 0.254 e. The normalized spacial score (nSPS) is 17.6. The second-order valence-electron chi connectivity index (χ2n) is 7.67. The molecule has 3 aromatic rings. The number of amides is 2. The molecule has 1 aliphatic heterocycles. The molecule has 0 radical (unpaired) electrons. The van der Waals surface area contributed by atoms with Gasteiger partial charge in [-0.05, 0) is 47.5 Å². The van der Waals surface area contributed by atoms with Crippen LogP contribution < -0.4 is 5.32 Å². The summed E-state index contributed by atoms with van der Waals surface area (Å²) in [6.07, 6.45) is 0. The lowest BCUT2D eigenvalue weighted by atomic mass is 9.79. The highest BCUT2D eigenvalue weighted by molar-refractivity contribution is 6.33. The minimum Gasteiger partial charge on any atom is -0.383 e.